The van der Waals surface area contributed by atoms with Crippen LogP contribution in [0.25, 0.3) is 11.0 Å². The lowest BCUT2D eigenvalue weighted by atomic mass is 10.1. The summed E-state index contributed by atoms with van der Waals surface area (Å²) in [6.45, 7) is 10.6. The van der Waals surface area contributed by atoms with Crippen molar-refractivity contribution in [3.63, 3.8) is 0 Å². The molecule has 10 nitrogen and oxygen atoms in total. The van der Waals surface area contributed by atoms with E-state index in [4.69, 9.17) is 4.74 Å². The summed E-state index contributed by atoms with van der Waals surface area (Å²) in [6.07, 6.45) is 0.0698. The van der Waals surface area contributed by atoms with Gasteiger partial charge in [-0.05, 0) is 51.6 Å². The molecule has 11 heteroatoms. The van der Waals surface area contributed by atoms with E-state index >= 15 is 0 Å². The highest BCUT2D eigenvalue weighted by Gasteiger charge is 2.24. The molecule has 4 aromatic rings. The van der Waals surface area contributed by atoms with Gasteiger partial charge in [-0.3, -0.25) is 4.79 Å². The minimum absolute atomic E-state index is 0.211. The van der Waals surface area contributed by atoms with Crippen LogP contribution in [-0.2, 0) is 24.2 Å². The van der Waals surface area contributed by atoms with Gasteiger partial charge in [0.2, 0.25) is 0 Å². The zero-order chi connectivity index (χ0) is 29.7. The van der Waals surface area contributed by atoms with Crippen molar-refractivity contribution in [2.75, 3.05) is 44.7 Å². The highest BCUT2D eigenvalue weighted by Crippen LogP contribution is 2.22. The Hall–Kier alpha value is -3.96. The molecule has 2 amide bonds. The maximum atomic E-state index is 13.1. The number of para-hydroxylation sites is 3. The number of carbonyl (C=O) groups is 2. The number of ether oxygens (including phenoxy) is 1. The van der Waals surface area contributed by atoms with Gasteiger partial charge in [-0.15, -0.1) is 11.3 Å². The van der Waals surface area contributed by atoms with Crippen molar-refractivity contribution in [1.82, 2.24) is 30.1 Å². The fourth-order valence-electron chi connectivity index (χ4n) is 4.87. The Morgan fingerprint density at radius 3 is 2.55 bits per heavy atom. The van der Waals surface area contributed by atoms with E-state index in [1.807, 2.05) is 57.2 Å². The van der Waals surface area contributed by atoms with Crippen LogP contribution in [0.2, 0.25) is 0 Å². The Labute approximate surface area is 250 Å². The van der Waals surface area contributed by atoms with Crippen LogP contribution in [0.1, 0.15) is 47.7 Å². The predicted octanol–water partition coefficient (Wildman–Crippen LogP) is 4.68. The maximum absolute atomic E-state index is 13.1. The number of nitrogens with zero attached hydrogens (tertiary/aromatic N) is 5. The number of hydrogen-bond donors (Lipinski definition) is 2. The number of amides is 2. The van der Waals surface area contributed by atoms with E-state index in [2.05, 4.69) is 49.2 Å². The second-order valence-electron chi connectivity index (χ2n) is 11.6. The number of hydrogen-bond acceptors (Lipinski definition) is 8. The van der Waals surface area contributed by atoms with Gasteiger partial charge in [0.05, 0.1) is 22.6 Å². The van der Waals surface area contributed by atoms with Crippen molar-refractivity contribution in [3.8, 4) is 0 Å². The number of piperazine rings is 1. The molecule has 0 unspecified atom stereocenters. The van der Waals surface area contributed by atoms with Crippen LogP contribution in [0, 0.1) is 0 Å². The van der Waals surface area contributed by atoms with Crippen LogP contribution >= 0.6 is 11.3 Å². The second kappa shape index (κ2) is 12.9. The van der Waals surface area contributed by atoms with E-state index in [-0.39, 0.29) is 12.5 Å². The quantitative estimate of drug-likeness (QED) is 0.292. The first-order chi connectivity index (χ1) is 20.1. The molecule has 5 rings (SSSR count). The first-order valence-corrected chi connectivity index (χ1v) is 15.2. The highest BCUT2D eigenvalue weighted by molar-refractivity contribution is 7.09. The molecule has 1 aliphatic heterocycles. The molecular weight excluding hydrogens is 550 g/mol. The topological polar surface area (TPSA) is 107 Å². The van der Waals surface area contributed by atoms with E-state index in [0.717, 1.165) is 53.5 Å². The standard InChI is InChI=1S/C31H39N7O3S/c1-31(2,3)41-30(40)38(20-27-33-23-10-6-7-11-24(23)34-27)14-13-28-35-25(21-42-28)29(39)32-19-22-9-5-8-12-26(22)37-17-15-36(4)16-18-37/h5-12,21H,13-20H2,1-4H3,(H,32,39)(H,33,34). The molecule has 0 aliphatic carbocycles. The van der Waals surface area contributed by atoms with Crippen molar-refractivity contribution < 1.29 is 14.3 Å². The molecule has 2 aromatic heterocycles. The predicted molar refractivity (Wildman–Crippen MR) is 166 cm³/mol. The number of carbonyl (C=O) groups excluding carboxylic acids is 2. The number of benzene rings is 2. The number of thiazole rings is 1. The van der Waals surface area contributed by atoms with Crippen molar-refractivity contribution in [2.45, 2.75) is 45.9 Å². The first-order valence-electron chi connectivity index (χ1n) is 14.3. The van der Waals surface area contributed by atoms with E-state index in [0.29, 0.717) is 31.0 Å². The molecule has 1 aliphatic rings. The summed E-state index contributed by atoms with van der Waals surface area (Å²) >= 11 is 1.42. The number of H-pyrrole nitrogens is 1. The van der Waals surface area contributed by atoms with Gasteiger partial charge in [0.1, 0.15) is 17.1 Å². The Morgan fingerprint density at radius 2 is 1.79 bits per heavy atom. The molecule has 0 radical (unpaired) electrons. The van der Waals surface area contributed by atoms with Gasteiger partial charge >= 0.3 is 6.09 Å². The number of aromatic amines is 1. The first kappa shape index (κ1) is 29.5. The number of aromatic nitrogens is 3. The lowest BCUT2D eigenvalue weighted by Crippen LogP contribution is -2.45. The van der Waals surface area contributed by atoms with Crippen molar-refractivity contribution in [3.05, 3.63) is 76.0 Å². The number of anilines is 1. The summed E-state index contributed by atoms with van der Waals surface area (Å²) in [7, 11) is 2.14. The zero-order valence-electron chi connectivity index (χ0n) is 24.7. The fraction of sp³-hybridized carbons (Fsp3) is 0.419. The number of likely N-dealkylation sites (N-methyl/N-ethyl adjacent to an activating group) is 1. The van der Waals surface area contributed by atoms with E-state index < -0.39 is 11.7 Å². The summed E-state index contributed by atoms with van der Waals surface area (Å²) in [6, 6.07) is 16.0. The molecule has 2 aromatic carbocycles. The highest BCUT2D eigenvalue weighted by atomic mass is 32.1. The summed E-state index contributed by atoms with van der Waals surface area (Å²) < 4.78 is 5.67. The van der Waals surface area contributed by atoms with Gasteiger partial charge in [0.15, 0.2) is 0 Å². The Bertz CT molecular complexity index is 1490. The lowest BCUT2D eigenvalue weighted by Gasteiger charge is -2.35. The third kappa shape index (κ3) is 7.65. The molecular formula is C31H39N7O3S. The second-order valence-corrected chi connectivity index (χ2v) is 12.5. The third-order valence-electron chi connectivity index (χ3n) is 7.09. The smallest absolute Gasteiger partial charge is 0.410 e. The molecule has 222 valence electrons. The van der Waals surface area contributed by atoms with Crippen LogP contribution in [-0.4, -0.2) is 82.1 Å². The molecule has 42 heavy (non-hydrogen) atoms. The summed E-state index contributed by atoms with van der Waals surface area (Å²) in [5.74, 6) is 0.468. The zero-order valence-corrected chi connectivity index (χ0v) is 25.5. The molecule has 0 saturated carbocycles. The minimum Gasteiger partial charge on any atom is -0.444 e. The lowest BCUT2D eigenvalue weighted by molar-refractivity contribution is 0.0231. The normalized spacial score (nSPS) is 14.2. The summed E-state index contributed by atoms with van der Waals surface area (Å²) in [4.78, 5) is 44.9. The van der Waals surface area contributed by atoms with Crippen molar-refractivity contribution in [1.29, 1.82) is 0 Å². The van der Waals surface area contributed by atoms with E-state index in [1.165, 1.54) is 11.3 Å². The third-order valence-corrected chi connectivity index (χ3v) is 7.99. The Kier molecular flexibility index (Phi) is 9.08. The van der Waals surface area contributed by atoms with Crippen LogP contribution in [0.4, 0.5) is 10.5 Å². The Balaban J connectivity index is 1.20. The van der Waals surface area contributed by atoms with Crippen molar-refractivity contribution in [2.24, 2.45) is 0 Å². The SMILES string of the molecule is CN1CCN(c2ccccc2CNC(=O)c2csc(CCN(Cc3nc4ccccc4[nH]3)C(=O)OC(C)(C)C)n2)CC1. The van der Waals surface area contributed by atoms with Crippen LogP contribution in [0.3, 0.4) is 0 Å². The number of nitrogens with one attached hydrogen (secondary N) is 2. The maximum Gasteiger partial charge on any atom is 0.410 e. The largest absolute Gasteiger partial charge is 0.444 e. The van der Waals surface area contributed by atoms with Crippen molar-refractivity contribution >= 4 is 40.1 Å². The molecule has 0 spiro atoms. The van der Waals surface area contributed by atoms with Gasteiger partial charge in [-0.1, -0.05) is 30.3 Å². The fourth-order valence-corrected chi connectivity index (χ4v) is 5.63. The van der Waals surface area contributed by atoms with Gasteiger partial charge in [-0.25, -0.2) is 14.8 Å². The van der Waals surface area contributed by atoms with Crippen LogP contribution in [0.5, 0.6) is 0 Å². The monoisotopic (exact) mass is 589 g/mol. The number of rotatable bonds is 9. The van der Waals surface area contributed by atoms with Gasteiger partial charge in [0, 0.05) is 56.8 Å². The molecule has 1 fully saturated rings. The average Bonchev–Trinajstić information content (AvgIpc) is 3.60. The summed E-state index contributed by atoms with van der Waals surface area (Å²) in [5.41, 5.74) is 3.77. The van der Waals surface area contributed by atoms with E-state index in [1.54, 1.807) is 10.3 Å². The molecule has 0 atom stereocenters. The number of fused-ring (bicyclic) bond motifs is 1. The van der Waals surface area contributed by atoms with Gasteiger partial charge in [0.25, 0.3) is 5.91 Å². The number of imidazole rings is 1. The van der Waals surface area contributed by atoms with Gasteiger partial charge in [-0.2, -0.15) is 0 Å². The molecule has 3 heterocycles. The average molecular weight is 590 g/mol. The van der Waals surface area contributed by atoms with Gasteiger partial charge < -0.3 is 29.7 Å². The van der Waals surface area contributed by atoms with Crippen LogP contribution in [0.15, 0.2) is 53.9 Å². The molecule has 2 N–H and O–H groups in total. The minimum atomic E-state index is -0.626. The molecule has 0 bridgehead atoms. The summed E-state index contributed by atoms with van der Waals surface area (Å²) in [5, 5.41) is 5.59. The van der Waals surface area contributed by atoms with E-state index in [9.17, 15) is 9.59 Å². The van der Waals surface area contributed by atoms with Crippen LogP contribution < -0.4 is 10.2 Å². The molecule has 1 saturated heterocycles. The Morgan fingerprint density at radius 1 is 1.05 bits per heavy atom.